The molecule has 3 heterocycles. The van der Waals surface area contributed by atoms with E-state index in [9.17, 15) is 4.39 Å². The Kier molecular flexibility index (Phi) is 4.46. The predicted molar refractivity (Wildman–Crippen MR) is 102 cm³/mol. The molecule has 0 unspecified atom stereocenters. The van der Waals surface area contributed by atoms with Crippen molar-refractivity contribution in [2.24, 2.45) is 0 Å². The molecule has 3 aromatic heterocycles. The summed E-state index contributed by atoms with van der Waals surface area (Å²) < 4.78 is 15.2. The van der Waals surface area contributed by atoms with Crippen molar-refractivity contribution in [3.8, 4) is 11.4 Å². The van der Waals surface area contributed by atoms with Crippen molar-refractivity contribution in [1.82, 2.24) is 24.7 Å². The van der Waals surface area contributed by atoms with Crippen LogP contribution in [-0.4, -0.2) is 24.7 Å². The second kappa shape index (κ2) is 6.77. The number of hydrogen-bond acceptors (Lipinski definition) is 6. The zero-order valence-electron chi connectivity index (χ0n) is 14.5. The predicted octanol–water partition coefficient (Wildman–Crippen LogP) is 4.88. The largest absolute Gasteiger partial charge is 0.302 e. The van der Waals surface area contributed by atoms with Crippen molar-refractivity contribution in [2.75, 3.05) is 0 Å². The molecule has 0 saturated heterocycles. The van der Waals surface area contributed by atoms with Crippen molar-refractivity contribution in [2.45, 2.75) is 37.5 Å². The Bertz CT molecular complexity index is 1090. The number of benzene rings is 1. The maximum atomic E-state index is 13.2. The summed E-state index contributed by atoms with van der Waals surface area (Å²) in [5.41, 5.74) is 2.00. The average Bonchev–Trinajstić information content (AvgIpc) is 3.19. The number of hydrogen-bond donors (Lipinski definition) is 0. The van der Waals surface area contributed by atoms with Crippen LogP contribution in [0.5, 0.6) is 0 Å². The van der Waals surface area contributed by atoms with Gasteiger partial charge in [-0.1, -0.05) is 0 Å². The summed E-state index contributed by atoms with van der Waals surface area (Å²) in [4.78, 5) is 10.1. The van der Waals surface area contributed by atoms with Crippen LogP contribution >= 0.6 is 23.1 Å². The third-order valence-electron chi connectivity index (χ3n) is 4.02. The lowest BCUT2D eigenvalue weighted by molar-refractivity contribution is 0.627. The van der Waals surface area contributed by atoms with Crippen LogP contribution in [0.15, 0.2) is 39.8 Å². The highest BCUT2D eigenvalue weighted by molar-refractivity contribution is 7.99. The molecule has 4 aromatic rings. The van der Waals surface area contributed by atoms with Crippen molar-refractivity contribution in [3.05, 3.63) is 46.9 Å². The fraction of sp³-hybridized carbons (Fsp3) is 0.222. The van der Waals surface area contributed by atoms with Crippen molar-refractivity contribution >= 4 is 33.3 Å². The molecule has 0 amide bonds. The second-order valence-electron chi connectivity index (χ2n) is 5.83. The molecule has 8 heteroatoms. The van der Waals surface area contributed by atoms with Crippen LogP contribution in [0.4, 0.5) is 4.39 Å². The van der Waals surface area contributed by atoms with Crippen LogP contribution < -0.4 is 0 Å². The first-order valence-corrected chi connectivity index (χ1v) is 9.86. The van der Waals surface area contributed by atoms with Gasteiger partial charge in [-0.05, 0) is 67.7 Å². The summed E-state index contributed by atoms with van der Waals surface area (Å²) in [6, 6.07) is 6.30. The van der Waals surface area contributed by atoms with Gasteiger partial charge in [0.05, 0.1) is 0 Å². The molecule has 0 fully saturated rings. The molecule has 132 valence electrons. The first-order chi connectivity index (χ1) is 12.6. The van der Waals surface area contributed by atoms with Gasteiger partial charge in [-0.15, -0.1) is 21.5 Å². The van der Waals surface area contributed by atoms with Crippen LogP contribution in [0.25, 0.3) is 21.6 Å². The van der Waals surface area contributed by atoms with Gasteiger partial charge in [-0.25, -0.2) is 14.4 Å². The molecule has 0 spiro atoms. The molecule has 0 aliphatic heterocycles. The number of thiophene rings is 1. The molecule has 0 saturated carbocycles. The summed E-state index contributed by atoms with van der Waals surface area (Å²) >= 11 is 3.11. The minimum atomic E-state index is -0.266. The number of halogens is 1. The smallest absolute Gasteiger partial charge is 0.197 e. The van der Waals surface area contributed by atoms with Crippen LogP contribution in [0.1, 0.15) is 18.3 Å². The van der Waals surface area contributed by atoms with Gasteiger partial charge in [-0.2, -0.15) is 0 Å². The molecule has 4 rings (SSSR count). The standard InChI is InChI=1S/C18H16FN5S2/c1-4-24-15(12-5-7-13(19)8-6-12)22-23-18(24)26-17-14-10(2)9-25-16(14)20-11(3)21-17/h5-9H,4H2,1-3H3. The van der Waals surface area contributed by atoms with E-state index in [2.05, 4.69) is 32.5 Å². The highest BCUT2D eigenvalue weighted by Gasteiger charge is 2.18. The van der Waals surface area contributed by atoms with E-state index >= 15 is 0 Å². The Morgan fingerprint density at radius 2 is 1.88 bits per heavy atom. The molecule has 0 N–H and O–H groups in total. The molecular formula is C18H16FN5S2. The number of aryl methyl sites for hydroxylation is 2. The Balaban J connectivity index is 1.78. The molecule has 0 bridgehead atoms. The molecular weight excluding hydrogens is 369 g/mol. The fourth-order valence-corrected chi connectivity index (χ4v) is 4.92. The zero-order valence-corrected chi connectivity index (χ0v) is 16.2. The van der Waals surface area contributed by atoms with Crippen LogP contribution in [0.3, 0.4) is 0 Å². The quantitative estimate of drug-likeness (QED) is 0.469. The Hall–Kier alpha value is -2.32. The van der Waals surface area contributed by atoms with Gasteiger partial charge in [0.25, 0.3) is 0 Å². The molecule has 5 nitrogen and oxygen atoms in total. The number of rotatable bonds is 4. The maximum Gasteiger partial charge on any atom is 0.197 e. The maximum absolute atomic E-state index is 13.2. The molecule has 0 atom stereocenters. The van der Waals surface area contributed by atoms with Crippen molar-refractivity contribution in [3.63, 3.8) is 0 Å². The Morgan fingerprint density at radius 1 is 1.12 bits per heavy atom. The monoisotopic (exact) mass is 385 g/mol. The summed E-state index contributed by atoms with van der Waals surface area (Å²) in [7, 11) is 0. The van der Waals surface area contributed by atoms with E-state index in [0.717, 1.165) is 43.2 Å². The van der Waals surface area contributed by atoms with Crippen LogP contribution in [0.2, 0.25) is 0 Å². The first-order valence-electron chi connectivity index (χ1n) is 8.16. The third kappa shape index (κ3) is 2.99. The number of aromatic nitrogens is 5. The summed E-state index contributed by atoms with van der Waals surface area (Å²) in [6.45, 7) is 6.71. The lowest BCUT2D eigenvalue weighted by Gasteiger charge is -2.08. The van der Waals surface area contributed by atoms with Gasteiger partial charge in [0.1, 0.15) is 21.5 Å². The normalized spacial score (nSPS) is 11.4. The van der Waals surface area contributed by atoms with Gasteiger partial charge in [0, 0.05) is 17.5 Å². The Morgan fingerprint density at radius 3 is 2.62 bits per heavy atom. The molecule has 0 aliphatic rings. The van der Waals surface area contributed by atoms with Gasteiger partial charge in [0.2, 0.25) is 0 Å². The summed E-state index contributed by atoms with van der Waals surface area (Å²) in [6.07, 6.45) is 0. The van der Waals surface area contributed by atoms with Gasteiger partial charge in [0.15, 0.2) is 11.0 Å². The highest BCUT2D eigenvalue weighted by Crippen LogP contribution is 2.36. The van der Waals surface area contributed by atoms with E-state index in [-0.39, 0.29) is 5.82 Å². The van der Waals surface area contributed by atoms with Crippen molar-refractivity contribution < 1.29 is 4.39 Å². The number of nitrogens with zero attached hydrogens (tertiary/aromatic N) is 5. The van der Waals surface area contributed by atoms with E-state index in [4.69, 9.17) is 0 Å². The van der Waals surface area contributed by atoms with Gasteiger partial charge < -0.3 is 4.57 Å². The first kappa shape index (κ1) is 17.1. The average molecular weight is 385 g/mol. The van der Waals surface area contributed by atoms with E-state index in [0.29, 0.717) is 6.54 Å². The summed E-state index contributed by atoms with van der Waals surface area (Å²) in [5.74, 6) is 1.19. The van der Waals surface area contributed by atoms with Gasteiger partial charge >= 0.3 is 0 Å². The van der Waals surface area contributed by atoms with E-state index in [1.54, 1.807) is 23.5 Å². The lowest BCUT2D eigenvalue weighted by atomic mass is 10.2. The summed E-state index contributed by atoms with van der Waals surface area (Å²) in [5, 5.41) is 13.5. The Labute approximate surface area is 158 Å². The molecule has 26 heavy (non-hydrogen) atoms. The minimum Gasteiger partial charge on any atom is -0.302 e. The molecule has 0 aliphatic carbocycles. The molecule has 1 aromatic carbocycles. The SMILES string of the molecule is CCn1c(Sc2nc(C)nc3scc(C)c23)nnc1-c1ccc(F)cc1. The minimum absolute atomic E-state index is 0.266. The number of fused-ring (bicyclic) bond motifs is 1. The van der Waals surface area contributed by atoms with E-state index in [1.807, 2.05) is 18.4 Å². The molecule has 0 radical (unpaired) electrons. The van der Waals surface area contributed by atoms with E-state index in [1.165, 1.54) is 23.9 Å². The zero-order chi connectivity index (χ0) is 18.3. The topological polar surface area (TPSA) is 56.5 Å². The van der Waals surface area contributed by atoms with E-state index < -0.39 is 0 Å². The van der Waals surface area contributed by atoms with Crippen LogP contribution in [0, 0.1) is 19.7 Å². The van der Waals surface area contributed by atoms with Crippen molar-refractivity contribution in [1.29, 1.82) is 0 Å². The fourth-order valence-electron chi connectivity index (χ4n) is 2.77. The second-order valence-corrected chi connectivity index (χ2v) is 7.65. The lowest BCUT2D eigenvalue weighted by Crippen LogP contribution is -2.00. The highest BCUT2D eigenvalue weighted by atomic mass is 32.2. The van der Waals surface area contributed by atoms with Gasteiger partial charge in [-0.3, -0.25) is 0 Å². The third-order valence-corrected chi connectivity index (χ3v) is 5.98. The van der Waals surface area contributed by atoms with Crippen LogP contribution in [-0.2, 0) is 6.54 Å².